The zero-order chi connectivity index (χ0) is 13.0. The monoisotopic (exact) mass is 260 g/mol. The third-order valence-corrected chi connectivity index (χ3v) is 3.51. The molecule has 2 heteroatoms. The number of hydrogen-bond acceptors (Lipinski definition) is 1. The fourth-order valence-corrected chi connectivity index (χ4v) is 2.40. The molecule has 0 amide bonds. The number of unbranched alkanes of at least 4 members (excludes halogenated alkanes) is 2. The maximum atomic E-state index is 12.2. The molecule has 18 heavy (non-hydrogen) atoms. The second-order valence-corrected chi connectivity index (χ2v) is 4.93. The predicted octanol–water partition coefficient (Wildman–Crippen LogP) is 5.26. The van der Waals surface area contributed by atoms with Crippen molar-refractivity contribution in [1.82, 2.24) is 0 Å². The molecule has 0 aliphatic heterocycles. The predicted molar refractivity (Wildman–Crippen MR) is 77.4 cm³/mol. The number of halogens is 1. The number of ketones is 1. The van der Waals surface area contributed by atoms with Crippen molar-refractivity contribution < 1.29 is 4.79 Å². The summed E-state index contributed by atoms with van der Waals surface area (Å²) < 4.78 is 0. The van der Waals surface area contributed by atoms with Crippen LogP contribution in [-0.4, -0.2) is 5.78 Å². The lowest BCUT2D eigenvalue weighted by Crippen LogP contribution is -2.00. The van der Waals surface area contributed by atoms with E-state index in [0.717, 1.165) is 35.6 Å². The normalized spacial score (nSPS) is 10.8. The van der Waals surface area contributed by atoms with Crippen LogP contribution in [0.2, 0.25) is 5.02 Å². The topological polar surface area (TPSA) is 17.1 Å². The highest BCUT2D eigenvalue weighted by atomic mass is 35.5. The number of fused-ring (bicyclic) bond motifs is 1. The van der Waals surface area contributed by atoms with Gasteiger partial charge in [-0.1, -0.05) is 55.6 Å². The minimum Gasteiger partial charge on any atom is -0.294 e. The summed E-state index contributed by atoms with van der Waals surface area (Å²) in [7, 11) is 0. The molecule has 2 aromatic carbocycles. The Hall–Kier alpha value is -1.34. The molecule has 0 fully saturated rings. The van der Waals surface area contributed by atoms with E-state index >= 15 is 0 Å². The summed E-state index contributed by atoms with van der Waals surface area (Å²) in [6.45, 7) is 2.14. The molecule has 0 bridgehead atoms. The maximum absolute atomic E-state index is 12.2. The highest BCUT2D eigenvalue weighted by Gasteiger charge is 2.11. The van der Waals surface area contributed by atoms with Crippen molar-refractivity contribution >= 4 is 28.2 Å². The van der Waals surface area contributed by atoms with Crippen LogP contribution in [0.3, 0.4) is 0 Å². The minimum atomic E-state index is 0.219. The van der Waals surface area contributed by atoms with E-state index in [4.69, 9.17) is 11.6 Å². The zero-order valence-electron chi connectivity index (χ0n) is 10.6. The molecule has 1 nitrogen and oxygen atoms in total. The summed E-state index contributed by atoms with van der Waals surface area (Å²) in [5.74, 6) is 0.219. The fraction of sp³-hybridized carbons (Fsp3) is 0.312. The molecule has 2 rings (SSSR count). The molecule has 2 aromatic rings. The molecule has 0 saturated heterocycles. The van der Waals surface area contributed by atoms with Crippen molar-refractivity contribution in [2.24, 2.45) is 0 Å². The van der Waals surface area contributed by atoms with Gasteiger partial charge in [-0.25, -0.2) is 0 Å². The summed E-state index contributed by atoms with van der Waals surface area (Å²) >= 11 is 6.15. The quantitative estimate of drug-likeness (QED) is 0.530. The second-order valence-electron chi connectivity index (χ2n) is 4.52. The molecule has 0 aromatic heterocycles. The number of rotatable bonds is 5. The van der Waals surface area contributed by atoms with Crippen LogP contribution in [0.4, 0.5) is 0 Å². The van der Waals surface area contributed by atoms with Gasteiger partial charge in [0.25, 0.3) is 0 Å². The highest BCUT2D eigenvalue weighted by molar-refractivity contribution is 6.36. The molecule has 0 atom stereocenters. The first kappa shape index (κ1) is 13.1. The Morgan fingerprint density at radius 3 is 2.50 bits per heavy atom. The van der Waals surface area contributed by atoms with E-state index in [-0.39, 0.29) is 5.78 Å². The maximum Gasteiger partial charge on any atom is 0.163 e. The number of carbonyl (C=O) groups excluding carboxylic acids is 1. The van der Waals surface area contributed by atoms with Gasteiger partial charge in [-0.3, -0.25) is 4.79 Å². The van der Waals surface area contributed by atoms with Crippen LogP contribution in [-0.2, 0) is 0 Å². The lowest BCUT2D eigenvalue weighted by atomic mass is 9.98. The van der Waals surface area contributed by atoms with Gasteiger partial charge in [0.2, 0.25) is 0 Å². The average Bonchev–Trinajstić information content (AvgIpc) is 2.39. The molecule has 0 spiro atoms. The van der Waals surface area contributed by atoms with Gasteiger partial charge in [0, 0.05) is 22.4 Å². The molecule has 0 N–H and O–H groups in total. The average molecular weight is 261 g/mol. The van der Waals surface area contributed by atoms with Crippen LogP contribution >= 0.6 is 11.6 Å². The highest BCUT2D eigenvalue weighted by Crippen LogP contribution is 2.27. The molecule has 94 valence electrons. The summed E-state index contributed by atoms with van der Waals surface area (Å²) in [4.78, 5) is 12.2. The first-order valence-corrected chi connectivity index (χ1v) is 6.82. The second kappa shape index (κ2) is 6.01. The smallest absolute Gasteiger partial charge is 0.163 e. The lowest BCUT2D eigenvalue weighted by molar-refractivity contribution is 0.0981. The van der Waals surface area contributed by atoms with Crippen LogP contribution in [0.1, 0.15) is 43.0 Å². The van der Waals surface area contributed by atoms with E-state index in [2.05, 4.69) is 6.92 Å². The van der Waals surface area contributed by atoms with Crippen LogP contribution in [0.25, 0.3) is 10.8 Å². The Labute approximate surface area is 113 Å². The van der Waals surface area contributed by atoms with Crippen molar-refractivity contribution in [3.05, 3.63) is 47.0 Å². The van der Waals surface area contributed by atoms with E-state index in [1.54, 1.807) is 0 Å². The summed E-state index contributed by atoms with van der Waals surface area (Å²) in [6, 6.07) is 11.5. The SMILES string of the molecule is CCCCCC(=O)c1ccc(Cl)c2ccccc12. The molecule has 0 unspecified atom stereocenters. The Bertz CT molecular complexity index is 560. The summed E-state index contributed by atoms with van der Waals surface area (Å²) in [6.07, 6.45) is 3.83. The van der Waals surface area contributed by atoms with E-state index in [9.17, 15) is 4.79 Å². The zero-order valence-corrected chi connectivity index (χ0v) is 11.3. The molecular formula is C16H17ClO. The van der Waals surface area contributed by atoms with Crippen LogP contribution in [0.5, 0.6) is 0 Å². The fourth-order valence-electron chi connectivity index (χ4n) is 2.18. The Morgan fingerprint density at radius 1 is 1.06 bits per heavy atom. The molecule has 0 aliphatic carbocycles. The van der Waals surface area contributed by atoms with Crippen LogP contribution < -0.4 is 0 Å². The Kier molecular flexibility index (Phi) is 4.38. The van der Waals surface area contributed by atoms with Crippen molar-refractivity contribution in [2.45, 2.75) is 32.6 Å². The standard InChI is InChI=1S/C16H17ClO/c1-2-3-4-9-16(18)14-10-11-15(17)13-8-6-5-7-12(13)14/h5-8,10-11H,2-4,9H2,1H3. The van der Waals surface area contributed by atoms with Gasteiger partial charge in [0.1, 0.15) is 0 Å². The molecule has 0 radical (unpaired) electrons. The first-order valence-electron chi connectivity index (χ1n) is 6.44. The molecule has 0 saturated carbocycles. The molecule has 0 aliphatic rings. The Balaban J connectivity index is 2.33. The third kappa shape index (κ3) is 2.73. The van der Waals surface area contributed by atoms with Crippen molar-refractivity contribution in [3.8, 4) is 0 Å². The van der Waals surface area contributed by atoms with Crippen LogP contribution in [0.15, 0.2) is 36.4 Å². The number of carbonyl (C=O) groups is 1. The van der Waals surface area contributed by atoms with E-state index in [0.29, 0.717) is 11.4 Å². The van der Waals surface area contributed by atoms with Gasteiger partial charge < -0.3 is 0 Å². The number of hydrogen-bond donors (Lipinski definition) is 0. The molecule has 0 heterocycles. The summed E-state index contributed by atoms with van der Waals surface area (Å²) in [5, 5.41) is 2.63. The number of benzene rings is 2. The number of Topliss-reactive ketones (excluding diaryl/α,β-unsaturated/α-hetero) is 1. The minimum absolute atomic E-state index is 0.219. The van der Waals surface area contributed by atoms with Gasteiger partial charge in [-0.2, -0.15) is 0 Å². The van der Waals surface area contributed by atoms with Gasteiger partial charge in [0.15, 0.2) is 5.78 Å². The largest absolute Gasteiger partial charge is 0.294 e. The van der Waals surface area contributed by atoms with E-state index < -0.39 is 0 Å². The third-order valence-electron chi connectivity index (χ3n) is 3.18. The van der Waals surface area contributed by atoms with Crippen molar-refractivity contribution in [1.29, 1.82) is 0 Å². The van der Waals surface area contributed by atoms with Crippen molar-refractivity contribution in [3.63, 3.8) is 0 Å². The van der Waals surface area contributed by atoms with Crippen LogP contribution in [0, 0.1) is 0 Å². The summed E-state index contributed by atoms with van der Waals surface area (Å²) in [5.41, 5.74) is 0.797. The van der Waals surface area contributed by atoms with Gasteiger partial charge >= 0.3 is 0 Å². The van der Waals surface area contributed by atoms with Gasteiger partial charge in [0.05, 0.1) is 0 Å². The molecular weight excluding hydrogens is 244 g/mol. The van der Waals surface area contributed by atoms with Crippen molar-refractivity contribution in [2.75, 3.05) is 0 Å². The van der Waals surface area contributed by atoms with Gasteiger partial charge in [-0.15, -0.1) is 0 Å². The van der Waals surface area contributed by atoms with E-state index in [1.807, 2.05) is 36.4 Å². The Morgan fingerprint density at radius 2 is 1.78 bits per heavy atom. The van der Waals surface area contributed by atoms with Gasteiger partial charge in [-0.05, 0) is 23.9 Å². The van der Waals surface area contributed by atoms with E-state index in [1.165, 1.54) is 0 Å². The lowest BCUT2D eigenvalue weighted by Gasteiger charge is -2.07. The first-order chi connectivity index (χ1) is 8.74.